The maximum Gasteiger partial charge on any atom is 0.249 e. The monoisotopic (exact) mass is 735 g/mol. The van der Waals surface area contributed by atoms with E-state index in [2.05, 4.69) is 229 Å². The average molecular weight is 736 g/mol. The minimum Gasteiger partial charge on any atom is -0.294 e. The lowest BCUT2D eigenvalue weighted by Crippen LogP contribution is -2.31. The van der Waals surface area contributed by atoms with Gasteiger partial charge in [-0.3, -0.25) is 4.57 Å². The lowest BCUT2D eigenvalue weighted by Gasteiger charge is -2.37. The van der Waals surface area contributed by atoms with Gasteiger partial charge in [0.15, 0.2) is 11.0 Å². The van der Waals surface area contributed by atoms with Crippen LogP contribution in [0, 0.1) is 0 Å². The van der Waals surface area contributed by atoms with Crippen LogP contribution in [-0.4, -0.2) is 14.1 Å². The topological polar surface area (TPSA) is 26.6 Å². The van der Waals surface area contributed by atoms with Crippen LogP contribution in [-0.2, 0) is 12.5 Å². The van der Waals surface area contributed by atoms with Crippen LogP contribution < -0.4 is 4.57 Å². The number of hydrogen-bond acceptors (Lipinski definition) is 1. The molecule has 0 saturated carbocycles. The second-order valence-corrected chi connectivity index (χ2v) is 15.3. The van der Waals surface area contributed by atoms with Crippen molar-refractivity contribution in [3.63, 3.8) is 0 Å². The first-order chi connectivity index (χ1) is 28.0. The van der Waals surface area contributed by atoms with Crippen LogP contribution in [0.15, 0.2) is 201 Å². The molecule has 0 unspecified atom stereocenters. The van der Waals surface area contributed by atoms with Crippen molar-refractivity contribution in [2.24, 2.45) is 7.05 Å². The summed E-state index contributed by atoms with van der Waals surface area (Å²) in [6.07, 6.45) is 4.14. The van der Waals surface area contributed by atoms with E-state index in [-0.39, 0.29) is 0 Å². The van der Waals surface area contributed by atoms with Gasteiger partial charge in [0.2, 0.25) is 6.33 Å². The van der Waals surface area contributed by atoms with Gasteiger partial charge in [0.05, 0.1) is 23.5 Å². The summed E-state index contributed by atoms with van der Waals surface area (Å²) in [6.45, 7) is 4.52. The molecule has 0 spiro atoms. The Hall–Kier alpha value is -7.04. The summed E-state index contributed by atoms with van der Waals surface area (Å²) in [5, 5.41) is 2.40. The van der Waals surface area contributed by atoms with Crippen molar-refractivity contribution in [1.29, 1.82) is 0 Å². The third kappa shape index (κ3) is 5.59. The highest BCUT2D eigenvalue weighted by Gasteiger charge is 2.39. The summed E-state index contributed by atoms with van der Waals surface area (Å²) < 4.78 is 6.86. The molecule has 0 N–H and O–H groups in total. The molecular weight excluding hydrogens is 693 g/mol. The lowest BCUT2D eigenvalue weighted by molar-refractivity contribution is -0.645. The van der Waals surface area contributed by atoms with E-state index in [1.54, 1.807) is 0 Å². The molecule has 7 aromatic carbocycles. The third-order valence-corrected chi connectivity index (χ3v) is 11.8. The number of para-hydroxylation sites is 3. The molecule has 0 atom stereocenters. The van der Waals surface area contributed by atoms with Gasteiger partial charge in [0.1, 0.15) is 11.5 Å². The van der Waals surface area contributed by atoms with Crippen LogP contribution in [0.2, 0.25) is 0 Å². The number of pyridine rings is 1. The molecule has 0 aliphatic carbocycles. The third-order valence-electron chi connectivity index (χ3n) is 11.8. The van der Waals surface area contributed by atoms with E-state index in [1.165, 1.54) is 55.2 Å². The molecule has 3 heterocycles. The molecule has 0 aliphatic heterocycles. The molecule has 0 amide bonds. The molecular formula is C53H43N4+. The van der Waals surface area contributed by atoms with E-state index in [0.29, 0.717) is 5.92 Å². The van der Waals surface area contributed by atoms with E-state index in [1.807, 2.05) is 6.20 Å². The number of rotatable bonds is 8. The van der Waals surface area contributed by atoms with Gasteiger partial charge in [-0.05, 0) is 93.4 Å². The number of fused-ring (bicyclic) bond motifs is 4. The summed E-state index contributed by atoms with van der Waals surface area (Å²) in [7, 11) is 2.11. The summed E-state index contributed by atoms with van der Waals surface area (Å²) in [5.41, 5.74) is 13.5. The maximum absolute atomic E-state index is 5.08. The van der Waals surface area contributed by atoms with Gasteiger partial charge < -0.3 is 0 Å². The zero-order valence-electron chi connectivity index (χ0n) is 32.4. The Labute approximate surface area is 333 Å². The molecule has 0 fully saturated rings. The van der Waals surface area contributed by atoms with Crippen LogP contribution in [0.5, 0.6) is 0 Å². The van der Waals surface area contributed by atoms with Crippen molar-refractivity contribution in [3.8, 4) is 22.6 Å². The van der Waals surface area contributed by atoms with Crippen molar-refractivity contribution < 1.29 is 4.57 Å². The van der Waals surface area contributed by atoms with Crippen LogP contribution in [0.1, 0.15) is 47.6 Å². The Balaban J connectivity index is 1.26. The first kappa shape index (κ1) is 34.5. The summed E-state index contributed by atoms with van der Waals surface area (Å²) in [6, 6.07) is 68.6. The Morgan fingerprint density at radius 3 is 1.93 bits per heavy atom. The number of imidazole rings is 1. The Morgan fingerprint density at radius 1 is 0.526 bits per heavy atom. The molecule has 4 nitrogen and oxygen atoms in total. The lowest BCUT2D eigenvalue weighted by atomic mass is 9.65. The number of benzene rings is 7. The van der Waals surface area contributed by atoms with Crippen molar-refractivity contribution >= 4 is 32.8 Å². The molecule has 10 rings (SSSR count). The van der Waals surface area contributed by atoms with E-state index < -0.39 is 5.41 Å². The maximum atomic E-state index is 5.08. The Morgan fingerprint density at radius 2 is 1.16 bits per heavy atom. The van der Waals surface area contributed by atoms with Crippen LogP contribution in [0.4, 0.5) is 0 Å². The summed E-state index contributed by atoms with van der Waals surface area (Å²) in [4.78, 5) is 5.08. The van der Waals surface area contributed by atoms with E-state index in [9.17, 15) is 0 Å². The van der Waals surface area contributed by atoms with Gasteiger partial charge in [0, 0.05) is 17.0 Å². The predicted octanol–water partition coefficient (Wildman–Crippen LogP) is 12.1. The standard InChI is InChI=1S/C53H43N4/c1-37(2)44-23-10-11-24-45(44)38-31-32-54-52(33-38)57-48-26-13-12-25-46(48)47-30-29-42(35-51(47)57)53(39-17-6-4-7-18-39,40-19-8-5-9-20-40)41-21-16-22-43(34-41)56-36-55(3)49-27-14-15-28-50(49)56/h4-37H,1-3H3/q+1. The highest BCUT2D eigenvalue weighted by molar-refractivity contribution is 6.09. The van der Waals surface area contributed by atoms with Crippen molar-refractivity contribution in [3.05, 3.63) is 228 Å². The zero-order valence-corrected chi connectivity index (χ0v) is 32.4. The van der Waals surface area contributed by atoms with Gasteiger partial charge >= 0.3 is 0 Å². The first-order valence-corrected chi connectivity index (χ1v) is 19.8. The normalized spacial score (nSPS) is 11.9. The smallest absolute Gasteiger partial charge is 0.249 e. The van der Waals surface area contributed by atoms with Gasteiger partial charge in [-0.1, -0.05) is 153 Å². The van der Waals surface area contributed by atoms with Crippen molar-refractivity contribution in [2.45, 2.75) is 25.2 Å². The molecule has 3 aromatic heterocycles. The second kappa shape index (κ2) is 13.9. The SMILES string of the molecule is CC(C)c1ccccc1-c1ccnc(-n2c3ccccc3c3ccc(C(c4ccccc4)(c4ccccc4)c4cccc(-n5c[n+](C)c6ccccc65)c4)cc32)c1. The molecule has 0 bridgehead atoms. The van der Waals surface area contributed by atoms with Crippen LogP contribution in [0.25, 0.3) is 55.5 Å². The number of hydrogen-bond donors (Lipinski definition) is 0. The molecule has 0 saturated heterocycles. The zero-order chi connectivity index (χ0) is 38.5. The molecule has 10 aromatic rings. The molecule has 0 radical (unpaired) electrons. The van der Waals surface area contributed by atoms with Crippen molar-refractivity contribution in [2.75, 3.05) is 0 Å². The quantitative estimate of drug-likeness (QED) is 0.113. The van der Waals surface area contributed by atoms with E-state index in [0.717, 1.165) is 28.1 Å². The number of aryl methyl sites for hydroxylation is 1. The minimum absolute atomic E-state index is 0.398. The first-order valence-electron chi connectivity index (χ1n) is 19.8. The van der Waals surface area contributed by atoms with Gasteiger partial charge in [-0.25, -0.2) is 9.55 Å². The molecule has 57 heavy (non-hydrogen) atoms. The minimum atomic E-state index is -0.662. The largest absolute Gasteiger partial charge is 0.294 e. The molecule has 4 heteroatoms. The van der Waals surface area contributed by atoms with E-state index >= 15 is 0 Å². The Bertz CT molecular complexity index is 3020. The Kier molecular flexibility index (Phi) is 8.41. The predicted molar refractivity (Wildman–Crippen MR) is 234 cm³/mol. The van der Waals surface area contributed by atoms with Crippen molar-refractivity contribution in [1.82, 2.24) is 14.1 Å². The number of aromatic nitrogens is 4. The van der Waals surface area contributed by atoms with Gasteiger partial charge in [-0.2, -0.15) is 4.57 Å². The summed E-state index contributed by atoms with van der Waals surface area (Å²) in [5.74, 6) is 1.30. The second-order valence-electron chi connectivity index (χ2n) is 15.3. The number of nitrogens with zero attached hydrogens (tertiary/aromatic N) is 4. The van der Waals surface area contributed by atoms with E-state index in [4.69, 9.17) is 4.98 Å². The van der Waals surface area contributed by atoms with Crippen LogP contribution >= 0.6 is 0 Å². The molecule has 274 valence electrons. The summed E-state index contributed by atoms with van der Waals surface area (Å²) >= 11 is 0. The fourth-order valence-electron chi connectivity index (χ4n) is 9.16. The highest BCUT2D eigenvalue weighted by Crippen LogP contribution is 2.47. The fourth-order valence-corrected chi connectivity index (χ4v) is 9.16. The fraction of sp³-hybridized carbons (Fsp3) is 0.0943. The average Bonchev–Trinajstić information content (AvgIpc) is 3.79. The van der Waals surface area contributed by atoms with Crippen LogP contribution in [0.3, 0.4) is 0 Å². The van der Waals surface area contributed by atoms with Gasteiger partial charge in [-0.15, -0.1) is 0 Å². The highest BCUT2D eigenvalue weighted by atomic mass is 15.1. The molecule has 0 aliphatic rings. The van der Waals surface area contributed by atoms with Gasteiger partial charge in [0.25, 0.3) is 0 Å².